The van der Waals surface area contributed by atoms with Gasteiger partial charge in [-0.05, 0) is 36.8 Å². The van der Waals surface area contributed by atoms with E-state index in [4.69, 9.17) is 9.92 Å². The minimum absolute atomic E-state index is 0.00671. The number of nitriles is 1. The summed E-state index contributed by atoms with van der Waals surface area (Å²) in [7, 11) is -0.00671. The molecule has 0 aromatic heterocycles. The van der Waals surface area contributed by atoms with Gasteiger partial charge < -0.3 is 9.47 Å². The van der Waals surface area contributed by atoms with Crippen LogP contribution in [0.5, 0.6) is 0 Å². The lowest BCUT2D eigenvalue weighted by Gasteiger charge is -2.37. The molecule has 1 saturated carbocycles. The molecule has 1 saturated heterocycles. The summed E-state index contributed by atoms with van der Waals surface area (Å²) in [4.78, 5) is 2.40. The van der Waals surface area contributed by atoms with Crippen LogP contribution in [0.3, 0.4) is 0 Å². The Kier molecular flexibility index (Phi) is 4.93. The molecular formula is C16H27BN2O. The van der Waals surface area contributed by atoms with Gasteiger partial charge in [-0.15, -0.1) is 0 Å². The smallest absolute Gasteiger partial charge is 0.412 e. The highest BCUT2D eigenvalue weighted by atomic mass is 16.5. The van der Waals surface area contributed by atoms with Gasteiger partial charge >= 0.3 is 7.05 Å². The summed E-state index contributed by atoms with van der Waals surface area (Å²) in [5.41, 5.74) is 1.19. The summed E-state index contributed by atoms with van der Waals surface area (Å²) in [6.07, 6.45) is 8.82. The van der Waals surface area contributed by atoms with Crippen LogP contribution in [0, 0.1) is 11.3 Å². The molecule has 0 amide bonds. The molecule has 2 rings (SSSR count). The third-order valence-corrected chi connectivity index (χ3v) is 4.68. The van der Waals surface area contributed by atoms with Crippen molar-refractivity contribution in [2.75, 3.05) is 0 Å². The van der Waals surface area contributed by atoms with Crippen molar-refractivity contribution in [3.05, 3.63) is 11.5 Å². The Labute approximate surface area is 124 Å². The SMILES string of the molecule is CC(C)N(B1OC2(CCCCC2)C/C1=C\C#N)C(C)C. The first-order valence-electron chi connectivity index (χ1n) is 8.03. The first kappa shape index (κ1) is 15.6. The average Bonchev–Trinajstić information content (AvgIpc) is 2.68. The van der Waals surface area contributed by atoms with E-state index in [0.29, 0.717) is 12.1 Å². The highest BCUT2D eigenvalue weighted by molar-refractivity contribution is 6.58. The molecule has 0 unspecified atom stereocenters. The van der Waals surface area contributed by atoms with Crippen molar-refractivity contribution in [3.63, 3.8) is 0 Å². The highest BCUT2D eigenvalue weighted by Gasteiger charge is 2.49. The van der Waals surface area contributed by atoms with E-state index in [9.17, 15) is 0 Å². The molecule has 0 atom stereocenters. The zero-order valence-electron chi connectivity index (χ0n) is 13.4. The first-order valence-corrected chi connectivity index (χ1v) is 8.03. The zero-order valence-corrected chi connectivity index (χ0v) is 13.4. The van der Waals surface area contributed by atoms with Gasteiger partial charge in [-0.1, -0.05) is 47.0 Å². The lowest BCUT2D eigenvalue weighted by atomic mass is 9.68. The molecule has 1 heterocycles. The molecule has 110 valence electrons. The summed E-state index contributed by atoms with van der Waals surface area (Å²) >= 11 is 0. The molecule has 0 aromatic rings. The van der Waals surface area contributed by atoms with Gasteiger partial charge in [0.2, 0.25) is 0 Å². The minimum atomic E-state index is -0.00671. The van der Waals surface area contributed by atoms with Crippen molar-refractivity contribution >= 4 is 7.05 Å². The number of rotatable bonds is 3. The normalized spacial score (nSPS) is 24.3. The number of allylic oxidation sites excluding steroid dienone is 1. The Bertz CT molecular complexity index is 397. The molecule has 0 aromatic carbocycles. The number of hydrogen-bond donors (Lipinski definition) is 0. The fourth-order valence-electron chi connectivity index (χ4n) is 3.90. The second-order valence-electron chi connectivity index (χ2n) is 6.87. The fraction of sp³-hybridized carbons (Fsp3) is 0.812. The van der Waals surface area contributed by atoms with E-state index < -0.39 is 0 Å². The van der Waals surface area contributed by atoms with Crippen molar-refractivity contribution in [1.29, 1.82) is 5.26 Å². The maximum absolute atomic E-state index is 9.09. The van der Waals surface area contributed by atoms with E-state index in [1.807, 2.05) is 0 Å². The molecule has 20 heavy (non-hydrogen) atoms. The van der Waals surface area contributed by atoms with Crippen molar-refractivity contribution in [2.45, 2.75) is 83.9 Å². The topological polar surface area (TPSA) is 36.3 Å². The molecule has 3 nitrogen and oxygen atoms in total. The summed E-state index contributed by atoms with van der Waals surface area (Å²) in [6, 6.07) is 3.06. The summed E-state index contributed by atoms with van der Waals surface area (Å²) in [5.74, 6) is 0. The van der Waals surface area contributed by atoms with E-state index in [2.05, 4.69) is 38.6 Å². The van der Waals surface area contributed by atoms with E-state index >= 15 is 0 Å². The van der Waals surface area contributed by atoms with Gasteiger partial charge in [0, 0.05) is 6.08 Å². The van der Waals surface area contributed by atoms with Crippen LogP contribution < -0.4 is 0 Å². The highest BCUT2D eigenvalue weighted by Crippen LogP contribution is 2.44. The van der Waals surface area contributed by atoms with Gasteiger partial charge in [-0.25, -0.2) is 0 Å². The first-order chi connectivity index (χ1) is 9.49. The summed E-state index contributed by atoms with van der Waals surface area (Å²) in [5, 5.41) is 9.09. The molecule has 0 radical (unpaired) electrons. The van der Waals surface area contributed by atoms with E-state index in [1.54, 1.807) is 6.08 Å². The molecule has 0 N–H and O–H groups in total. The van der Waals surface area contributed by atoms with Crippen LogP contribution in [0.1, 0.15) is 66.2 Å². The van der Waals surface area contributed by atoms with Gasteiger partial charge in [0.15, 0.2) is 0 Å². The molecule has 1 aliphatic carbocycles. The van der Waals surface area contributed by atoms with Gasteiger partial charge in [-0.2, -0.15) is 5.26 Å². The molecule has 1 spiro atoms. The lowest BCUT2D eigenvalue weighted by Crippen LogP contribution is -2.50. The molecule has 2 aliphatic rings. The Balaban J connectivity index is 2.26. The second-order valence-corrected chi connectivity index (χ2v) is 6.87. The third kappa shape index (κ3) is 3.10. The molecule has 1 aliphatic heterocycles. The van der Waals surface area contributed by atoms with Gasteiger partial charge in [0.25, 0.3) is 0 Å². The second kappa shape index (κ2) is 6.32. The Hall–Kier alpha value is -0.785. The van der Waals surface area contributed by atoms with Gasteiger partial charge in [-0.3, -0.25) is 0 Å². The van der Waals surface area contributed by atoms with Crippen LogP contribution >= 0.6 is 0 Å². The van der Waals surface area contributed by atoms with Gasteiger partial charge in [0.05, 0.1) is 11.7 Å². The Morgan fingerprint density at radius 1 is 1.20 bits per heavy atom. The maximum Gasteiger partial charge on any atom is 0.416 e. The standard InChI is InChI=1S/C16H27BN2O/c1-13(2)19(14(3)4)17-15(8-11-18)12-16(20-17)9-6-5-7-10-16/h8,13-14H,5-7,9-10,12H2,1-4H3/b15-8+. The van der Waals surface area contributed by atoms with Crippen molar-refractivity contribution in [1.82, 2.24) is 4.81 Å². The number of nitrogens with zero attached hydrogens (tertiary/aromatic N) is 2. The van der Waals surface area contributed by atoms with Crippen LogP contribution in [0.25, 0.3) is 0 Å². The molecule has 4 heteroatoms. The van der Waals surface area contributed by atoms with Crippen LogP contribution in [0.15, 0.2) is 11.5 Å². The van der Waals surface area contributed by atoms with Crippen LogP contribution in [-0.4, -0.2) is 29.5 Å². The van der Waals surface area contributed by atoms with Crippen LogP contribution in [-0.2, 0) is 4.65 Å². The molecule has 0 bridgehead atoms. The summed E-state index contributed by atoms with van der Waals surface area (Å²) in [6.45, 7) is 8.83. The van der Waals surface area contributed by atoms with Crippen molar-refractivity contribution in [3.8, 4) is 6.07 Å². The third-order valence-electron chi connectivity index (χ3n) is 4.68. The zero-order chi connectivity index (χ0) is 14.8. The predicted molar refractivity (Wildman–Crippen MR) is 83.1 cm³/mol. The predicted octanol–water partition coefficient (Wildman–Crippen LogP) is 3.71. The summed E-state index contributed by atoms with van der Waals surface area (Å²) < 4.78 is 6.55. The largest absolute Gasteiger partial charge is 0.416 e. The molecule has 2 fully saturated rings. The number of hydrogen-bond acceptors (Lipinski definition) is 3. The lowest BCUT2D eigenvalue weighted by molar-refractivity contribution is 0.0351. The fourth-order valence-corrected chi connectivity index (χ4v) is 3.90. The monoisotopic (exact) mass is 274 g/mol. The Morgan fingerprint density at radius 3 is 2.30 bits per heavy atom. The quantitative estimate of drug-likeness (QED) is 0.581. The minimum Gasteiger partial charge on any atom is -0.412 e. The van der Waals surface area contributed by atoms with Crippen LogP contribution in [0.4, 0.5) is 0 Å². The Morgan fingerprint density at radius 2 is 1.80 bits per heavy atom. The van der Waals surface area contributed by atoms with Crippen molar-refractivity contribution in [2.24, 2.45) is 0 Å². The van der Waals surface area contributed by atoms with Crippen LogP contribution in [0.2, 0.25) is 0 Å². The average molecular weight is 274 g/mol. The van der Waals surface area contributed by atoms with E-state index in [0.717, 1.165) is 19.3 Å². The van der Waals surface area contributed by atoms with Gasteiger partial charge in [0.1, 0.15) is 0 Å². The van der Waals surface area contributed by atoms with E-state index in [-0.39, 0.29) is 12.7 Å². The van der Waals surface area contributed by atoms with E-state index in [1.165, 1.54) is 24.7 Å². The maximum atomic E-state index is 9.09. The molecular weight excluding hydrogens is 247 g/mol. The van der Waals surface area contributed by atoms with Crippen molar-refractivity contribution < 1.29 is 4.65 Å².